The summed E-state index contributed by atoms with van der Waals surface area (Å²) in [6.45, 7) is 2.61. The lowest BCUT2D eigenvalue weighted by Gasteiger charge is -1.98. The summed E-state index contributed by atoms with van der Waals surface area (Å²) in [5, 5.41) is 8.69. The normalized spacial score (nSPS) is 12.3. The molecule has 0 aliphatic heterocycles. The van der Waals surface area contributed by atoms with Crippen molar-refractivity contribution in [2.24, 2.45) is 0 Å². The van der Waals surface area contributed by atoms with Crippen LogP contribution < -0.4 is 0 Å². The fourth-order valence-corrected chi connectivity index (χ4v) is 2.55. The first-order valence-electron chi connectivity index (χ1n) is 9.97. The Bertz CT molecular complexity index is 288. The number of hydrogen-bond acceptors (Lipinski definition) is 1. The molecule has 0 atom stereocenters. The zero-order valence-electron chi connectivity index (χ0n) is 15.5. The first-order valence-corrected chi connectivity index (χ1v) is 9.97. The highest BCUT2D eigenvalue weighted by molar-refractivity contribution is 4.97. The molecule has 0 saturated carbocycles. The summed E-state index contributed by atoms with van der Waals surface area (Å²) in [4.78, 5) is 0. The van der Waals surface area contributed by atoms with Crippen LogP contribution >= 0.6 is 0 Å². The molecule has 0 saturated heterocycles. The molecule has 1 heteroatoms. The number of allylic oxidation sites excluding steroid dienone is 6. The van der Waals surface area contributed by atoms with Crippen molar-refractivity contribution >= 4 is 0 Å². The Morgan fingerprint density at radius 1 is 0.522 bits per heavy atom. The SMILES string of the molecule is CCCCCCC=CCC=CCC=CCCCCCCCCO. The van der Waals surface area contributed by atoms with E-state index < -0.39 is 0 Å². The predicted octanol–water partition coefficient (Wildman–Crippen LogP) is 7.13. The lowest BCUT2D eigenvalue weighted by atomic mass is 10.1. The topological polar surface area (TPSA) is 20.2 Å². The van der Waals surface area contributed by atoms with E-state index in [0.717, 1.165) is 19.3 Å². The quantitative estimate of drug-likeness (QED) is 0.223. The molecule has 0 spiro atoms. The van der Waals surface area contributed by atoms with Crippen LogP contribution in [0.15, 0.2) is 36.5 Å². The van der Waals surface area contributed by atoms with Crippen LogP contribution in [0.4, 0.5) is 0 Å². The molecule has 1 N–H and O–H groups in total. The smallest absolute Gasteiger partial charge is 0.0431 e. The van der Waals surface area contributed by atoms with Gasteiger partial charge in [-0.25, -0.2) is 0 Å². The first kappa shape index (κ1) is 22.2. The van der Waals surface area contributed by atoms with E-state index in [4.69, 9.17) is 5.11 Å². The molecular formula is C22H40O. The molecule has 0 aromatic carbocycles. The zero-order valence-corrected chi connectivity index (χ0v) is 15.5. The molecule has 1 nitrogen and oxygen atoms in total. The number of hydrogen-bond donors (Lipinski definition) is 1. The van der Waals surface area contributed by atoms with Crippen molar-refractivity contribution in [2.75, 3.05) is 6.61 Å². The maximum absolute atomic E-state index is 8.69. The van der Waals surface area contributed by atoms with E-state index in [1.807, 2.05) is 0 Å². The molecule has 0 aromatic rings. The summed E-state index contributed by atoms with van der Waals surface area (Å²) < 4.78 is 0. The first-order chi connectivity index (χ1) is 11.4. The van der Waals surface area contributed by atoms with Gasteiger partial charge in [0.05, 0.1) is 0 Å². The minimum Gasteiger partial charge on any atom is -0.396 e. The van der Waals surface area contributed by atoms with E-state index in [2.05, 4.69) is 43.4 Å². The van der Waals surface area contributed by atoms with Crippen molar-refractivity contribution in [3.63, 3.8) is 0 Å². The van der Waals surface area contributed by atoms with E-state index in [0.29, 0.717) is 6.61 Å². The van der Waals surface area contributed by atoms with Gasteiger partial charge in [-0.1, -0.05) is 88.3 Å². The second kappa shape index (κ2) is 21.2. The third-order valence-electron chi connectivity index (χ3n) is 4.05. The Balaban J connectivity index is 3.24. The third-order valence-corrected chi connectivity index (χ3v) is 4.05. The summed E-state index contributed by atoms with van der Waals surface area (Å²) in [5.41, 5.74) is 0. The van der Waals surface area contributed by atoms with Crippen molar-refractivity contribution in [1.82, 2.24) is 0 Å². The lowest BCUT2D eigenvalue weighted by molar-refractivity contribution is 0.282. The molecule has 0 heterocycles. The molecule has 23 heavy (non-hydrogen) atoms. The van der Waals surface area contributed by atoms with Crippen LogP contribution in [0.25, 0.3) is 0 Å². The van der Waals surface area contributed by atoms with Gasteiger partial charge >= 0.3 is 0 Å². The Morgan fingerprint density at radius 3 is 1.48 bits per heavy atom. The maximum Gasteiger partial charge on any atom is 0.0431 e. The highest BCUT2D eigenvalue weighted by Gasteiger charge is 1.89. The number of unbranched alkanes of at least 4 members (excludes halogenated alkanes) is 10. The van der Waals surface area contributed by atoms with Crippen LogP contribution in [-0.2, 0) is 0 Å². The number of rotatable bonds is 17. The molecule has 0 aliphatic rings. The van der Waals surface area contributed by atoms with Crippen molar-refractivity contribution < 1.29 is 5.11 Å². The maximum atomic E-state index is 8.69. The van der Waals surface area contributed by atoms with Gasteiger partial charge in [-0.3, -0.25) is 0 Å². The predicted molar refractivity (Wildman–Crippen MR) is 105 cm³/mol. The standard InChI is InChI=1S/C22H40O/c1-2-3-4-5-6-7-8-9-10-11-12-13-14-15-16-17-18-19-20-21-22-23/h7-8,10-11,13-14,23H,2-6,9,12,15-22H2,1H3. The summed E-state index contributed by atoms with van der Waals surface area (Å²) in [7, 11) is 0. The Kier molecular flexibility index (Phi) is 20.4. The molecule has 0 radical (unpaired) electrons. The van der Waals surface area contributed by atoms with Crippen LogP contribution in [0, 0.1) is 0 Å². The van der Waals surface area contributed by atoms with Crippen LogP contribution in [0.3, 0.4) is 0 Å². The second-order valence-electron chi connectivity index (χ2n) is 6.37. The Morgan fingerprint density at radius 2 is 0.957 bits per heavy atom. The largest absolute Gasteiger partial charge is 0.396 e. The van der Waals surface area contributed by atoms with Gasteiger partial charge in [0.2, 0.25) is 0 Å². The van der Waals surface area contributed by atoms with Gasteiger partial charge in [0.1, 0.15) is 0 Å². The third kappa shape index (κ3) is 21.2. The molecule has 0 amide bonds. The van der Waals surface area contributed by atoms with E-state index in [9.17, 15) is 0 Å². The summed E-state index contributed by atoms with van der Waals surface area (Å²) in [6, 6.07) is 0. The van der Waals surface area contributed by atoms with E-state index in [1.54, 1.807) is 0 Å². The molecule has 134 valence electrons. The Labute approximate surface area is 145 Å². The average Bonchev–Trinajstić information content (AvgIpc) is 2.57. The van der Waals surface area contributed by atoms with Crippen molar-refractivity contribution in [3.8, 4) is 0 Å². The zero-order chi connectivity index (χ0) is 16.8. The van der Waals surface area contributed by atoms with Gasteiger partial charge in [0.25, 0.3) is 0 Å². The van der Waals surface area contributed by atoms with Gasteiger partial charge in [-0.05, 0) is 44.9 Å². The highest BCUT2D eigenvalue weighted by Crippen LogP contribution is 2.07. The molecule has 0 rings (SSSR count). The molecule has 0 aromatic heterocycles. The number of aliphatic hydroxyl groups is 1. The minimum atomic E-state index is 0.352. The van der Waals surface area contributed by atoms with Gasteiger partial charge in [0, 0.05) is 6.61 Å². The van der Waals surface area contributed by atoms with Gasteiger partial charge in [-0.2, -0.15) is 0 Å². The monoisotopic (exact) mass is 320 g/mol. The molecule has 0 aliphatic carbocycles. The Hall–Kier alpha value is -0.820. The fraction of sp³-hybridized carbons (Fsp3) is 0.727. The van der Waals surface area contributed by atoms with Crippen molar-refractivity contribution in [2.45, 2.75) is 96.8 Å². The molecule has 0 unspecified atom stereocenters. The van der Waals surface area contributed by atoms with Gasteiger partial charge in [0.15, 0.2) is 0 Å². The van der Waals surface area contributed by atoms with Crippen molar-refractivity contribution in [3.05, 3.63) is 36.5 Å². The van der Waals surface area contributed by atoms with E-state index >= 15 is 0 Å². The second-order valence-corrected chi connectivity index (χ2v) is 6.37. The molecule has 0 fully saturated rings. The van der Waals surface area contributed by atoms with E-state index in [1.165, 1.54) is 70.6 Å². The van der Waals surface area contributed by atoms with Crippen LogP contribution in [0.5, 0.6) is 0 Å². The summed E-state index contributed by atoms with van der Waals surface area (Å²) >= 11 is 0. The van der Waals surface area contributed by atoms with Gasteiger partial charge in [-0.15, -0.1) is 0 Å². The molecule has 0 bridgehead atoms. The van der Waals surface area contributed by atoms with Crippen LogP contribution in [0.2, 0.25) is 0 Å². The lowest BCUT2D eigenvalue weighted by Crippen LogP contribution is -1.83. The molecular weight excluding hydrogens is 280 g/mol. The van der Waals surface area contributed by atoms with Crippen molar-refractivity contribution in [1.29, 1.82) is 0 Å². The summed E-state index contributed by atoms with van der Waals surface area (Å²) in [6.07, 6.45) is 31.2. The summed E-state index contributed by atoms with van der Waals surface area (Å²) in [5.74, 6) is 0. The highest BCUT2D eigenvalue weighted by atomic mass is 16.2. The average molecular weight is 321 g/mol. The van der Waals surface area contributed by atoms with E-state index in [-0.39, 0.29) is 0 Å². The van der Waals surface area contributed by atoms with Gasteiger partial charge < -0.3 is 5.11 Å². The van der Waals surface area contributed by atoms with Crippen LogP contribution in [-0.4, -0.2) is 11.7 Å². The fourth-order valence-electron chi connectivity index (χ4n) is 2.55. The van der Waals surface area contributed by atoms with Crippen LogP contribution in [0.1, 0.15) is 96.8 Å². The number of aliphatic hydroxyl groups excluding tert-OH is 1. The minimum absolute atomic E-state index is 0.352.